The zero-order chi connectivity index (χ0) is 19.7. The van der Waals surface area contributed by atoms with Gasteiger partial charge in [-0.3, -0.25) is 4.79 Å². The van der Waals surface area contributed by atoms with Gasteiger partial charge in [0.2, 0.25) is 5.91 Å². The summed E-state index contributed by atoms with van der Waals surface area (Å²) >= 11 is 1.61. The number of fused-ring (bicyclic) bond motifs is 1. The van der Waals surface area contributed by atoms with Crippen LogP contribution in [0, 0.1) is 13.8 Å². The lowest BCUT2D eigenvalue weighted by Gasteiger charge is -2.19. The third-order valence-corrected chi connectivity index (χ3v) is 6.04. The lowest BCUT2D eigenvalue weighted by atomic mass is 10.0. The van der Waals surface area contributed by atoms with Crippen LogP contribution in [0.3, 0.4) is 0 Å². The number of nitrogens with one attached hydrogen (secondary N) is 1. The Morgan fingerprint density at radius 2 is 1.93 bits per heavy atom. The Hall–Kier alpha value is -2.73. The average molecular weight is 394 g/mol. The number of aryl methyl sites for hydroxylation is 2. The topological polar surface area (TPSA) is 56.1 Å². The molecular weight excluding hydrogens is 370 g/mol. The monoisotopic (exact) mass is 393 g/mol. The third kappa shape index (κ3) is 3.40. The minimum atomic E-state index is -0.0316. The Balaban J connectivity index is 1.88. The molecule has 1 atom stereocenters. The second kappa shape index (κ2) is 7.72. The molecule has 2 aromatic carbocycles. The van der Waals surface area contributed by atoms with E-state index < -0.39 is 0 Å². The van der Waals surface area contributed by atoms with Crippen molar-refractivity contribution in [2.75, 3.05) is 17.7 Å². The summed E-state index contributed by atoms with van der Waals surface area (Å²) in [5, 5.41) is 7.81. The van der Waals surface area contributed by atoms with Crippen molar-refractivity contribution in [1.29, 1.82) is 0 Å². The van der Waals surface area contributed by atoms with Crippen molar-refractivity contribution in [1.82, 2.24) is 9.78 Å². The summed E-state index contributed by atoms with van der Waals surface area (Å²) in [6.07, 6.45) is 0. The number of amides is 1. The highest BCUT2D eigenvalue weighted by Crippen LogP contribution is 2.46. The number of aromatic nitrogens is 2. The highest BCUT2D eigenvalue weighted by atomic mass is 32.2. The molecule has 1 N–H and O–H groups in total. The maximum Gasteiger partial charge on any atom is 0.235 e. The van der Waals surface area contributed by atoms with Gasteiger partial charge >= 0.3 is 0 Å². The SMILES string of the molecule is CCOc1ccccc1[C@H]1SCC(=O)Nc2c1c(C)nn2-c1ccc(C)cc1. The molecule has 1 aromatic heterocycles. The summed E-state index contributed by atoms with van der Waals surface area (Å²) < 4.78 is 7.71. The number of thioether (sulfide) groups is 1. The van der Waals surface area contributed by atoms with E-state index in [9.17, 15) is 4.79 Å². The first-order chi connectivity index (χ1) is 13.6. The second-order valence-electron chi connectivity index (χ2n) is 6.81. The predicted octanol–water partition coefficient (Wildman–Crippen LogP) is 4.66. The molecule has 3 aromatic rings. The molecular formula is C22H23N3O2S. The summed E-state index contributed by atoms with van der Waals surface area (Å²) in [7, 11) is 0. The van der Waals surface area contributed by atoms with Crippen LogP contribution in [-0.2, 0) is 4.79 Å². The molecule has 5 nitrogen and oxygen atoms in total. The molecule has 0 saturated carbocycles. The molecule has 0 spiro atoms. The van der Waals surface area contributed by atoms with Gasteiger partial charge < -0.3 is 10.1 Å². The van der Waals surface area contributed by atoms with E-state index in [-0.39, 0.29) is 11.2 Å². The minimum Gasteiger partial charge on any atom is -0.494 e. The molecule has 28 heavy (non-hydrogen) atoms. The normalized spacial score (nSPS) is 16.2. The zero-order valence-corrected chi connectivity index (χ0v) is 17.0. The first-order valence-corrected chi connectivity index (χ1v) is 10.4. The van der Waals surface area contributed by atoms with Gasteiger partial charge in [-0.25, -0.2) is 4.68 Å². The van der Waals surface area contributed by atoms with Gasteiger partial charge in [0.05, 0.1) is 29.0 Å². The van der Waals surface area contributed by atoms with E-state index >= 15 is 0 Å². The van der Waals surface area contributed by atoms with Gasteiger partial charge in [-0.05, 0) is 39.0 Å². The molecule has 0 radical (unpaired) electrons. The standard InChI is InChI=1S/C22H23N3O2S/c1-4-27-18-8-6-5-7-17(18)21-20-15(3)24-25(16-11-9-14(2)10-12-16)22(20)23-19(26)13-28-21/h5-12,21H,4,13H2,1-3H3,(H,23,26)/t21-/m1/s1. The van der Waals surface area contributed by atoms with Crippen molar-refractivity contribution in [3.8, 4) is 11.4 Å². The fourth-order valence-corrected chi connectivity index (χ4v) is 4.70. The Labute approximate surface area is 169 Å². The summed E-state index contributed by atoms with van der Waals surface area (Å²) in [6, 6.07) is 16.2. The molecule has 1 aliphatic heterocycles. The largest absolute Gasteiger partial charge is 0.494 e. The van der Waals surface area contributed by atoms with Crippen LogP contribution in [0.25, 0.3) is 5.69 Å². The lowest BCUT2D eigenvalue weighted by molar-refractivity contribution is -0.113. The van der Waals surface area contributed by atoms with Crippen LogP contribution in [0.2, 0.25) is 0 Å². The third-order valence-electron chi connectivity index (χ3n) is 4.79. The van der Waals surface area contributed by atoms with Gasteiger partial charge in [0.1, 0.15) is 11.6 Å². The first kappa shape index (κ1) is 18.6. The van der Waals surface area contributed by atoms with Crippen LogP contribution in [0.1, 0.15) is 34.6 Å². The Morgan fingerprint density at radius 1 is 1.18 bits per heavy atom. The molecule has 2 heterocycles. The van der Waals surface area contributed by atoms with Gasteiger partial charge in [0, 0.05) is 11.1 Å². The van der Waals surface area contributed by atoms with Crippen molar-refractivity contribution in [3.63, 3.8) is 0 Å². The Kier molecular flexibility index (Phi) is 5.13. The Morgan fingerprint density at radius 3 is 2.68 bits per heavy atom. The van der Waals surface area contributed by atoms with Crippen LogP contribution in [0.5, 0.6) is 5.75 Å². The smallest absolute Gasteiger partial charge is 0.235 e. The molecule has 1 amide bonds. The first-order valence-electron chi connectivity index (χ1n) is 9.38. The molecule has 144 valence electrons. The van der Waals surface area contributed by atoms with E-state index in [0.717, 1.165) is 34.1 Å². The van der Waals surface area contributed by atoms with Gasteiger partial charge in [-0.1, -0.05) is 35.9 Å². The molecule has 6 heteroatoms. The summed E-state index contributed by atoms with van der Waals surface area (Å²) in [6.45, 7) is 6.63. The number of hydrogen-bond acceptors (Lipinski definition) is 4. The minimum absolute atomic E-state index is 0.0177. The van der Waals surface area contributed by atoms with Crippen molar-refractivity contribution < 1.29 is 9.53 Å². The molecule has 0 saturated heterocycles. The van der Waals surface area contributed by atoms with Gasteiger partial charge in [-0.2, -0.15) is 5.10 Å². The molecule has 0 bridgehead atoms. The van der Waals surface area contributed by atoms with Crippen LogP contribution < -0.4 is 10.1 Å². The molecule has 0 unspecified atom stereocenters. The maximum atomic E-state index is 12.5. The van der Waals surface area contributed by atoms with Crippen molar-refractivity contribution in [3.05, 3.63) is 70.9 Å². The van der Waals surface area contributed by atoms with Crippen molar-refractivity contribution in [2.45, 2.75) is 26.0 Å². The van der Waals surface area contributed by atoms with E-state index in [0.29, 0.717) is 12.4 Å². The average Bonchev–Trinajstić information content (AvgIpc) is 2.89. The molecule has 1 aliphatic rings. The number of anilines is 1. The number of carbonyl (C=O) groups is 1. The zero-order valence-electron chi connectivity index (χ0n) is 16.2. The van der Waals surface area contributed by atoms with Gasteiger partial charge in [-0.15, -0.1) is 11.8 Å². The maximum absolute atomic E-state index is 12.5. The lowest BCUT2D eigenvalue weighted by Crippen LogP contribution is -2.15. The van der Waals surface area contributed by atoms with Crippen LogP contribution >= 0.6 is 11.8 Å². The molecule has 4 rings (SSSR count). The summed E-state index contributed by atoms with van der Waals surface area (Å²) in [4.78, 5) is 12.5. The number of hydrogen-bond donors (Lipinski definition) is 1. The highest BCUT2D eigenvalue weighted by molar-refractivity contribution is 8.00. The number of carbonyl (C=O) groups excluding carboxylic acids is 1. The molecule has 0 aliphatic carbocycles. The van der Waals surface area contributed by atoms with E-state index in [1.54, 1.807) is 11.8 Å². The number of para-hydroxylation sites is 1. The fourth-order valence-electron chi connectivity index (χ4n) is 3.49. The van der Waals surface area contributed by atoms with Gasteiger partial charge in [0.25, 0.3) is 0 Å². The van der Waals surface area contributed by atoms with E-state index in [1.807, 2.05) is 61.0 Å². The quantitative estimate of drug-likeness (QED) is 0.700. The van der Waals surface area contributed by atoms with E-state index in [1.165, 1.54) is 5.56 Å². The second-order valence-corrected chi connectivity index (χ2v) is 7.90. The number of ether oxygens (including phenoxy) is 1. The fraction of sp³-hybridized carbons (Fsp3) is 0.273. The number of rotatable bonds is 4. The highest BCUT2D eigenvalue weighted by Gasteiger charge is 2.32. The predicted molar refractivity (Wildman–Crippen MR) is 114 cm³/mol. The summed E-state index contributed by atoms with van der Waals surface area (Å²) in [5.74, 6) is 1.96. The van der Waals surface area contributed by atoms with Gasteiger partial charge in [0.15, 0.2) is 0 Å². The van der Waals surface area contributed by atoms with Crippen LogP contribution in [-0.4, -0.2) is 28.0 Å². The Bertz CT molecular complexity index is 1010. The number of benzene rings is 2. The van der Waals surface area contributed by atoms with E-state index in [4.69, 9.17) is 9.84 Å². The molecule has 0 fully saturated rings. The van der Waals surface area contributed by atoms with Crippen molar-refractivity contribution in [2.24, 2.45) is 0 Å². The van der Waals surface area contributed by atoms with E-state index in [2.05, 4.69) is 18.3 Å². The summed E-state index contributed by atoms with van der Waals surface area (Å²) in [5.41, 5.74) is 5.12. The van der Waals surface area contributed by atoms with Crippen LogP contribution in [0.15, 0.2) is 48.5 Å². The number of nitrogens with zero attached hydrogens (tertiary/aromatic N) is 2. The van der Waals surface area contributed by atoms with Crippen molar-refractivity contribution >= 4 is 23.5 Å². The van der Waals surface area contributed by atoms with Crippen LogP contribution in [0.4, 0.5) is 5.82 Å².